The van der Waals surface area contributed by atoms with Crippen molar-refractivity contribution >= 4 is 5.91 Å². The van der Waals surface area contributed by atoms with Crippen molar-refractivity contribution in [3.8, 4) is 0 Å². The fourth-order valence-electron chi connectivity index (χ4n) is 0.550. The van der Waals surface area contributed by atoms with E-state index < -0.39 is 0 Å². The lowest BCUT2D eigenvalue weighted by Gasteiger charge is -1.98. The Labute approximate surface area is 72.1 Å². The summed E-state index contributed by atoms with van der Waals surface area (Å²) in [6, 6.07) is 0. The number of aliphatic hydroxyl groups excluding tert-OH is 1. The van der Waals surface area contributed by atoms with E-state index in [1.807, 2.05) is 0 Å². The molecule has 0 rings (SSSR count). The Morgan fingerprint density at radius 1 is 1.50 bits per heavy atom. The summed E-state index contributed by atoms with van der Waals surface area (Å²) in [5.74, 6) is -0.0360. The molecule has 0 spiro atoms. The Morgan fingerprint density at radius 3 is 2.50 bits per heavy atom. The van der Waals surface area contributed by atoms with Gasteiger partial charge < -0.3 is 10.4 Å². The molecule has 1 amide bonds. The zero-order chi connectivity index (χ0) is 9.56. The van der Waals surface area contributed by atoms with Gasteiger partial charge in [0.2, 0.25) is 5.91 Å². The molecule has 0 bridgehead atoms. The van der Waals surface area contributed by atoms with Crippen molar-refractivity contribution < 1.29 is 9.90 Å². The van der Waals surface area contributed by atoms with E-state index in [-0.39, 0.29) is 11.7 Å². The van der Waals surface area contributed by atoms with E-state index in [4.69, 9.17) is 5.11 Å². The summed E-state index contributed by atoms with van der Waals surface area (Å²) in [6.45, 7) is 6.65. The Bertz CT molecular complexity index is 239. The third-order valence-corrected chi connectivity index (χ3v) is 1.09. The van der Waals surface area contributed by atoms with E-state index in [2.05, 4.69) is 11.9 Å². The average Bonchev–Trinajstić information content (AvgIpc) is 1.99. The van der Waals surface area contributed by atoms with Gasteiger partial charge in [-0.05, 0) is 25.2 Å². The minimum absolute atomic E-state index is 0.140. The summed E-state index contributed by atoms with van der Waals surface area (Å²) in [6.07, 6.45) is 4.52. The van der Waals surface area contributed by atoms with E-state index >= 15 is 0 Å². The molecule has 0 radical (unpaired) electrons. The van der Waals surface area contributed by atoms with Crippen LogP contribution in [0.15, 0.2) is 36.3 Å². The predicted molar refractivity (Wildman–Crippen MR) is 48.5 cm³/mol. The smallest absolute Gasteiger partial charge is 0.221 e. The molecule has 2 N–H and O–H groups in total. The third-order valence-electron chi connectivity index (χ3n) is 1.09. The molecule has 0 unspecified atom stereocenters. The Kier molecular flexibility index (Phi) is 4.53. The third kappa shape index (κ3) is 5.29. The van der Waals surface area contributed by atoms with Crippen LogP contribution in [0.1, 0.15) is 13.8 Å². The van der Waals surface area contributed by atoms with Gasteiger partial charge in [-0.15, -0.1) is 0 Å². The van der Waals surface area contributed by atoms with Gasteiger partial charge in [-0.1, -0.05) is 6.58 Å². The van der Waals surface area contributed by atoms with Gasteiger partial charge in [0.1, 0.15) is 5.76 Å². The average molecular weight is 167 g/mol. The van der Waals surface area contributed by atoms with Crippen LogP contribution in [0.2, 0.25) is 0 Å². The van der Waals surface area contributed by atoms with Gasteiger partial charge in [0.25, 0.3) is 0 Å². The number of carbonyl (C=O) groups excluding carboxylic acids is 1. The second kappa shape index (κ2) is 5.18. The first-order chi connectivity index (χ1) is 5.56. The van der Waals surface area contributed by atoms with Gasteiger partial charge >= 0.3 is 0 Å². The molecule has 3 nitrogen and oxygen atoms in total. The van der Waals surface area contributed by atoms with Crippen molar-refractivity contribution in [2.45, 2.75) is 13.8 Å². The lowest BCUT2D eigenvalue weighted by Crippen LogP contribution is -2.16. The van der Waals surface area contributed by atoms with Crippen molar-refractivity contribution in [2.24, 2.45) is 0 Å². The molecule has 0 saturated heterocycles. The number of allylic oxidation sites excluding steroid dienone is 3. The number of rotatable bonds is 3. The van der Waals surface area contributed by atoms with Crippen LogP contribution in [0.5, 0.6) is 0 Å². The topological polar surface area (TPSA) is 49.3 Å². The maximum absolute atomic E-state index is 10.5. The van der Waals surface area contributed by atoms with Crippen LogP contribution in [0.25, 0.3) is 0 Å². The molecule has 0 aromatic rings. The van der Waals surface area contributed by atoms with Crippen molar-refractivity contribution in [1.29, 1.82) is 0 Å². The summed E-state index contributed by atoms with van der Waals surface area (Å²) >= 11 is 0. The van der Waals surface area contributed by atoms with Crippen LogP contribution in [0.4, 0.5) is 0 Å². The number of carbonyl (C=O) groups is 1. The zero-order valence-electron chi connectivity index (χ0n) is 7.29. The van der Waals surface area contributed by atoms with E-state index in [0.29, 0.717) is 5.70 Å². The molecule has 3 heteroatoms. The molecule has 0 aliphatic heterocycles. The van der Waals surface area contributed by atoms with Crippen LogP contribution < -0.4 is 5.32 Å². The second-order valence-electron chi connectivity index (χ2n) is 2.25. The first kappa shape index (κ1) is 10.5. The largest absolute Gasteiger partial charge is 0.508 e. The van der Waals surface area contributed by atoms with Gasteiger partial charge in [-0.25, -0.2) is 0 Å². The Hall–Kier alpha value is -1.51. The quantitative estimate of drug-likeness (QED) is 0.496. The standard InChI is InChI=1S/C9H13NO2/c1-4-9(12)6-5-7(2)10-8(3)11/h4-6,12H,2H2,1,3H3,(H,10,11)/b6-5-,9-4+. The number of hydrogen-bond donors (Lipinski definition) is 2. The molecule has 0 aromatic heterocycles. The molecule has 0 heterocycles. The molecule has 0 aliphatic rings. The first-order valence-corrected chi connectivity index (χ1v) is 3.56. The molecule has 12 heavy (non-hydrogen) atoms. The monoisotopic (exact) mass is 167 g/mol. The van der Waals surface area contributed by atoms with Crippen LogP contribution in [0.3, 0.4) is 0 Å². The van der Waals surface area contributed by atoms with Crippen LogP contribution in [0, 0.1) is 0 Å². The highest BCUT2D eigenvalue weighted by Gasteiger charge is 1.90. The van der Waals surface area contributed by atoms with Crippen LogP contribution in [-0.4, -0.2) is 11.0 Å². The minimum Gasteiger partial charge on any atom is -0.508 e. The minimum atomic E-state index is -0.176. The number of nitrogens with one attached hydrogen (secondary N) is 1. The molecular weight excluding hydrogens is 154 g/mol. The predicted octanol–water partition coefficient (Wildman–Crippen LogP) is 1.65. The number of aliphatic hydroxyl groups is 1. The van der Waals surface area contributed by atoms with E-state index in [1.165, 1.54) is 25.2 Å². The van der Waals surface area contributed by atoms with Crippen molar-refractivity contribution in [2.75, 3.05) is 0 Å². The summed E-state index contributed by atoms with van der Waals surface area (Å²) < 4.78 is 0. The number of hydrogen-bond acceptors (Lipinski definition) is 2. The molecule has 0 aliphatic carbocycles. The Balaban J connectivity index is 4.01. The number of amides is 1. The lowest BCUT2D eigenvalue weighted by atomic mass is 10.3. The molecule has 0 fully saturated rings. The highest BCUT2D eigenvalue weighted by molar-refractivity contribution is 5.75. The van der Waals surface area contributed by atoms with Crippen molar-refractivity contribution in [1.82, 2.24) is 5.32 Å². The second-order valence-corrected chi connectivity index (χ2v) is 2.25. The molecular formula is C9H13NO2. The van der Waals surface area contributed by atoms with Gasteiger partial charge in [0.15, 0.2) is 0 Å². The molecule has 0 saturated carbocycles. The fourth-order valence-corrected chi connectivity index (χ4v) is 0.550. The molecule has 0 atom stereocenters. The Morgan fingerprint density at radius 2 is 2.08 bits per heavy atom. The lowest BCUT2D eigenvalue weighted by molar-refractivity contribution is -0.118. The first-order valence-electron chi connectivity index (χ1n) is 3.56. The fraction of sp³-hybridized carbons (Fsp3) is 0.222. The normalized spacial score (nSPS) is 11.7. The van der Waals surface area contributed by atoms with Gasteiger partial charge in [-0.3, -0.25) is 4.79 Å². The maximum atomic E-state index is 10.5. The highest BCUT2D eigenvalue weighted by atomic mass is 16.3. The summed E-state index contributed by atoms with van der Waals surface area (Å²) in [7, 11) is 0. The molecule has 0 aromatic carbocycles. The highest BCUT2D eigenvalue weighted by Crippen LogP contribution is 1.93. The van der Waals surface area contributed by atoms with Crippen molar-refractivity contribution in [3.05, 3.63) is 36.3 Å². The van der Waals surface area contributed by atoms with Crippen LogP contribution >= 0.6 is 0 Å². The van der Waals surface area contributed by atoms with Gasteiger partial charge in [0, 0.05) is 12.6 Å². The summed E-state index contributed by atoms with van der Waals surface area (Å²) in [5.41, 5.74) is 0.455. The van der Waals surface area contributed by atoms with Crippen LogP contribution in [-0.2, 0) is 4.79 Å². The van der Waals surface area contributed by atoms with E-state index in [0.717, 1.165) is 0 Å². The summed E-state index contributed by atoms with van der Waals surface area (Å²) in [5, 5.41) is 11.4. The van der Waals surface area contributed by atoms with E-state index in [1.54, 1.807) is 6.92 Å². The molecule has 66 valence electrons. The van der Waals surface area contributed by atoms with Gasteiger partial charge in [0.05, 0.1) is 0 Å². The van der Waals surface area contributed by atoms with Crippen molar-refractivity contribution in [3.63, 3.8) is 0 Å². The summed E-state index contributed by atoms with van der Waals surface area (Å²) in [4.78, 5) is 10.5. The zero-order valence-corrected chi connectivity index (χ0v) is 7.29. The van der Waals surface area contributed by atoms with Gasteiger partial charge in [-0.2, -0.15) is 0 Å². The maximum Gasteiger partial charge on any atom is 0.221 e. The SMILES string of the molecule is C=C(/C=C\C(O)=C/C)NC(C)=O. The van der Waals surface area contributed by atoms with E-state index in [9.17, 15) is 4.79 Å².